The quantitative estimate of drug-likeness (QED) is 0.903. The summed E-state index contributed by atoms with van der Waals surface area (Å²) in [5.74, 6) is 0.445. The molecule has 0 aliphatic carbocycles. The van der Waals surface area contributed by atoms with Crippen molar-refractivity contribution in [2.45, 2.75) is 13.8 Å². The summed E-state index contributed by atoms with van der Waals surface area (Å²) in [6, 6.07) is 12.1. The summed E-state index contributed by atoms with van der Waals surface area (Å²) >= 11 is 0. The second-order valence-corrected chi connectivity index (χ2v) is 6.31. The van der Waals surface area contributed by atoms with Crippen molar-refractivity contribution in [3.8, 4) is 5.75 Å². The highest BCUT2D eigenvalue weighted by Crippen LogP contribution is 2.26. The lowest BCUT2D eigenvalue weighted by Crippen LogP contribution is -2.50. The van der Waals surface area contributed by atoms with Crippen LogP contribution in [-0.2, 0) is 0 Å². The fourth-order valence-electron chi connectivity index (χ4n) is 3.02. The van der Waals surface area contributed by atoms with Gasteiger partial charge in [0.05, 0.1) is 12.3 Å². The molecule has 0 atom stereocenters. The number of carbonyl (C=O) groups excluding carboxylic acids is 1. The van der Waals surface area contributed by atoms with Gasteiger partial charge in [-0.1, -0.05) is 6.07 Å². The second-order valence-electron chi connectivity index (χ2n) is 6.31. The van der Waals surface area contributed by atoms with Crippen molar-refractivity contribution in [1.82, 2.24) is 4.90 Å². The molecule has 0 aromatic heterocycles. The Hall–Kier alpha value is -2.76. The summed E-state index contributed by atoms with van der Waals surface area (Å²) in [6.45, 7) is 7.10. The van der Waals surface area contributed by atoms with Crippen molar-refractivity contribution in [3.05, 3.63) is 53.8 Å². The molecular weight excluding hydrogens is 333 g/mol. The summed E-state index contributed by atoms with van der Waals surface area (Å²) in [5.41, 5.74) is 2.74. The molecule has 0 spiro atoms. The number of benzene rings is 2. The lowest BCUT2D eigenvalue weighted by Gasteiger charge is -2.36. The number of halogens is 1. The maximum atomic E-state index is 13.1. The molecule has 0 radical (unpaired) electrons. The van der Waals surface area contributed by atoms with E-state index in [1.807, 2.05) is 32.0 Å². The van der Waals surface area contributed by atoms with Gasteiger partial charge in [0, 0.05) is 31.9 Å². The summed E-state index contributed by atoms with van der Waals surface area (Å²) in [7, 11) is 0. The Labute approximate surface area is 153 Å². The van der Waals surface area contributed by atoms with Crippen LogP contribution >= 0.6 is 0 Å². The molecule has 0 bridgehead atoms. The number of rotatable bonds is 4. The van der Waals surface area contributed by atoms with Gasteiger partial charge in [0.1, 0.15) is 11.6 Å². The highest BCUT2D eigenvalue weighted by molar-refractivity contribution is 5.91. The van der Waals surface area contributed by atoms with Gasteiger partial charge in [0.25, 0.3) is 0 Å². The van der Waals surface area contributed by atoms with E-state index in [1.54, 1.807) is 17.0 Å². The second kappa shape index (κ2) is 8.08. The molecule has 1 N–H and O–H groups in total. The van der Waals surface area contributed by atoms with E-state index in [2.05, 4.69) is 10.2 Å². The molecule has 2 aromatic rings. The molecule has 138 valence electrons. The average molecular weight is 357 g/mol. The molecular formula is C20H24FN3O2. The first-order valence-electron chi connectivity index (χ1n) is 8.86. The minimum absolute atomic E-state index is 0.131. The highest BCUT2D eigenvalue weighted by atomic mass is 19.1. The number of piperazine rings is 1. The Morgan fingerprint density at radius 1 is 1.12 bits per heavy atom. The summed E-state index contributed by atoms with van der Waals surface area (Å²) < 4.78 is 18.7. The molecule has 2 amide bonds. The van der Waals surface area contributed by atoms with Crippen LogP contribution in [0.5, 0.6) is 5.75 Å². The van der Waals surface area contributed by atoms with Crippen molar-refractivity contribution in [1.29, 1.82) is 0 Å². The Morgan fingerprint density at radius 2 is 1.81 bits per heavy atom. The van der Waals surface area contributed by atoms with E-state index in [0.29, 0.717) is 44.2 Å². The number of nitrogens with one attached hydrogen (secondary N) is 1. The molecule has 5 nitrogen and oxygen atoms in total. The number of hydrogen-bond acceptors (Lipinski definition) is 3. The summed E-state index contributed by atoms with van der Waals surface area (Å²) in [4.78, 5) is 16.5. The van der Waals surface area contributed by atoms with Crippen molar-refractivity contribution in [2.75, 3.05) is 43.0 Å². The topological polar surface area (TPSA) is 44.8 Å². The Bertz CT molecular complexity index is 756. The lowest BCUT2D eigenvalue weighted by molar-refractivity contribution is 0.208. The molecule has 3 rings (SSSR count). The number of amides is 2. The number of nitrogens with zero attached hydrogens (tertiary/aromatic N) is 2. The molecule has 6 heteroatoms. The van der Waals surface area contributed by atoms with Gasteiger partial charge < -0.3 is 19.9 Å². The first-order valence-corrected chi connectivity index (χ1v) is 8.86. The number of hydrogen-bond donors (Lipinski definition) is 1. The van der Waals surface area contributed by atoms with Gasteiger partial charge in [0.15, 0.2) is 0 Å². The van der Waals surface area contributed by atoms with E-state index in [4.69, 9.17) is 4.74 Å². The Kier molecular flexibility index (Phi) is 5.61. The molecule has 26 heavy (non-hydrogen) atoms. The number of aryl methyl sites for hydroxylation is 1. The fraction of sp³-hybridized carbons (Fsp3) is 0.350. The van der Waals surface area contributed by atoms with E-state index >= 15 is 0 Å². The van der Waals surface area contributed by atoms with Gasteiger partial charge >= 0.3 is 6.03 Å². The van der Waals surface area contributed by atoms with E-state index < -0.39 is 0 Å². The van der Waals surface area contributed by atoms with E-state index in [0.717, 1.165) is 11.3 Å². The van der Waals surface area contributed by atoms with Crippen LogP contribution in [0.25, 0.3) is 0 Å². The minimum atomic E-state index is -0.241. The van der Waals surface area contributed by atoms with E-state index in [1.165, 1.54) is 12.1 Å². The predicted molar refractivity (Wildman–Crippen MR) is 102 cm³/mol. The van der Waals surface area contributed by atoms with Crippen LogP contribution < -0.4 is 15.0 Å². The third kappa shape index (κ3) is 4.25. The zero-order valence-corrected chi connectivity index (χ0v) is 15.2. The van der Waals surface area contributed by atoms with Crippen LogP contribution in [0.3, 0.4) is 0 Å². The maximum Gasteiger partial charge on any atom is 0.322 e. The SMILES string of the molecule is CCOc1cc(C)ccc1NC(=O)N1CCN(c2ccc(F)cc2)CC1. The van der Waals surface area contributed by atoms with Crippen LogP contribution in [0.2, 0.25) is 0 Å². The number of urea groups is 1. The zero-order valence-electron chi connectivity index (χ0n) is 15.2. The molecule has 1 heterocycles. The molecule has 1 fully saturated rings. The smallest absolute Gasteiger partial charge is 0.322 e. The Balaban J connectivity index is 1.59. The third-order valence-corrected chi connectivity index (χ3v) is 4.44. The van der Waals surface area contributed by atoms with Gasteiger partial charge in [0.2, 0.25) is 0 Å². The Morgan fingerprint density at radius 3 is 2.46 bits per heavy atom. The van der Waals surface area contributed by atoms with Crippen LogP contribution in [0.1, 0.15) is 12.5 Å². The van der Waals surface area contributed by atoms with Gasteiger partial charge in [-0.3, -0.25) is 0 Å². The molecule has 0 unspecified atom stereocenters. The van der Waals surface area contributed by atoms with E-state index in [-0.39, 0.29) is 11.8 Å². The van der Waals surface area contributed by atoms with Gasteiger partial charge in [-0.15, -0.1) is 0 Å². The summed E-state index contributed by atoms with van der Waals surface area (Å²) in [6.07, 6.45) is 0. The maximum absolute atomic E-state index is 13.1. The monoisotopic (exact) mass is 357 g/mol. The van der Waals surface area contributed by atoms with Crippen LogP contribution in [-0.4, -0.2) is 43.7 Å². The van der Waals surface area contributed by atoms with Crippen molar-refractivity contribution in [2.24, 2.45) is 0 Å². The first kappa shape index (κ1) is 18.0. The number of anilines is 2. The predicted octanol–water partition coefficient (Wildman–Crippen LogP) is 3.89. The summed E-state index contributed by atoms with van der Waals surface area (Å²) in [5, 5.41) is 2.95. The molecule has 1 aliphatic rings. The van der Waals surface area contributed by atoms with Crippen LogP contribution in [0.15, 0.2) is 42.5 Å². The van der Waals surface area contributed by atoms with E-state index in [9.17, 15) is 9.18 Å². The van der Waals surface area contributed by atoms with Gasteiger partial charge in [-0.25, -0.2) is 9.18 Å². The zero-order chi connectivity index (χ0) is 18.5. The first-order chi connectivity index (χ1) is 12.6. The fourth-order valence-corrected chi connectivity index (χ4v) is 3.02. The largest absolute Gasteiger partial charge is 0.492 e. The molecule has 2 aromatic carbocycles. The standard InChI is InChI=1S/C20H24FN3O2/c1-3-26-19-14-15(2)4-9-18(19)22-20(25)24-12-10-23(11-13-24)17-7-5-16(21)6-8-17/h4-9,14H,3,10-13H2,1-2H3,(H,22,25). The molecule has 1 aliphatic heterocycles. The van der Waals surface area contributed by atoms with Crippen molar-refractivity contribution in [3.63, 3.8) is 0 Å². The third-order valence-electron chi connectivity index (χ3n) is 4.44. The van der Waals surface area contributed by atoms with Crippen molar-refractivity contribution < 1.29 is 13.9 Å². The number of ether oxygens (including phenoxy) is 1. The van der Waals surface area contributed by atoms with Gasteiger partial charge in [-0.2, -0.15) is 0 Å². The molecule has 0 saturated carbocycles. The lowest BCUT2D eigenvalue weighted by atomic mass is 10.2. The normalized spacial score (nSPS) is 14.3. The van der Waals surface area contributed by atoms with Crippen LogP contribution in [0.4, 0.5) is 20.6 Å². The number of carbonyl (C=O) groups is 1. The minimum Gasteiger partial charge on any atom is -0.492 e. The molecule has 1 saturated heterocycles. The van der Waals surface area contributed by atoms with Crippen LogP contribution in [0, 0.1) is 12.7 Å². The average Bonchev–Trinajstić information content (AvgIpc) is 2.65. The highest BCUT2D eigenvalue weighted by Gasteiger charge is 2.22. The van der Waals surface area contributed by atoms with Gasteiger partial charge in [-0.05, 0) is 55.8 Å². The van der Waals surface area contributed by atoms with Crippen molar-refractivity contribution >= 4 is 17.4 Å².